The summed E-state index contributed by atoms with van der Waals surface area (Å²) in [5.74, 6) is -0.454. The van der Waals surface area contributed by atoms with E-state index in [1.807, 2.05) is 0 Å². The Morgan fingerprint density at radius 3 is 2.06 bits per heavy atom. The molecule has 0 fully saturated rings. The first-order valence-corrected chi connectivity index (χ1v) is 8.15. The molecular weight excluding hydrogens is 240 g/mol. The molecule has 1 atom stereocenters. The Labute approximate surface area is 105 Å². The Bertz CT molecular complexity index is 262. The molecule has 0 saturated heterocycles. The van der Waals surface area contributed by atoms with Crippen molar-refractivity contribution < 1.29 is 18.1 Å². The van der Waals surface area contributed by atoms with Crippen LogP contribution in [0, 0.1) is 0 Å². The quantitative estimate of drug-likeness (QED) is 0.460. The van der Waals surface area contributed by atoms with Gasteiger partial charge in [0.2, 0.25) is 0 Å². The second kappa shape index (κ2) is 9.85. The molecule has 4 nitrogen and oxygen atoms in total. The first-order chi connectivity index (χ1) is 7.95. The van der Waals surface area contributed by atoms with Crippen molar-refractivity contribution in [3.05, 3.63) is 0 Å². The summed E-state index contributed by atoms with van der Waals surface area (Å²) in [6.07, 6.45) is 8.21. The molecular formula is C12H25O4S-. The number of rotatable bonds is 11. The molecule has 5 heteroatoms. The van der Waals surface area contributed by atoms with E-state index in [4.69, 9.17) is 0 Å². The summed E-state index contributed by atoms with van der Waals surface area (Å²) in [4.78, 5) is 0. The molecule has 0 aliphatic rings. The molecule has 0 amide bonds. The highest BCUT2D eigenvalue weighted by Gasteiger charge is 2.06. The van der Waals surface area contributed by atoms with Crippen molar-refractivity contribution in [2.45, 2.75) is 70.8 Å². The second-order valence-corrected chi connectivity index (χ2v) is 6.14. The van der Waals surface area contributed by atoms with E-state index in [-0.39, 0.29) is 6.42 Å². The zero-order chi connectivity index (χ0) is 13.1. The molecule has 1 N–H and O–H groups in total. The Morgan fingerprint density at radius 1 is 1.00 bits per heavy atom. The molecule has 104 valence electrons. The zero-order valence-electron chi connectivity index (χ0n) is 10.7. The lowest BCUT2D eigenvalue weighted by molar-refractivity contribution is 0.156. The van der Waals surface area contributed by atoms with E-state index in [0.29, 0.717) is 6.42 Å². The average molecular weight is 265 g/mol. The molecule has 0 aromatic carbocycles. The van der Waals surface area contributed by atoms with Gasteiger partial charge in [0.1, 0.15) is 0 Å². The molecule has 0 saturated carbocycles. The largest absolute Gasteiger partial charge is 0.748 e. The zero-order valence-corrected chi connectivity index (χ0v) is 11.5. The fraction of sp³-hybridized carbons (Fsp3) is 1.00. The second-order valence-electron chi connectivity index (χ2n) is 4.61. The lowest BCUT2D eigenvalue weighted by Crippen LogP contribution is -2.14. The van der Waals surface area contributed by atoms with Crippen LogP contribution in [0.15, 0.2) is 0 Å². The number of aliphatic hydroxyl groups excluding tert-OH is 1. The smallest absolute Gasteiger partial charge is 0.0946 e. The normalized spacial score (nSPS) is 13.8. The van der Waals surface area contributed by atoms with Crippen LogP contribution in [0.4, 0.5) is 0 Å². The molecule has 0 aliphatic carbocycles. The van der Waals surface area contributed by atoms with Crippen molar-refractivity contribution >= 4 is 10.1 Å². The third-order valence-electron chi connectivity index (χ3n) is 2.84. The molecule has 17 heavy (non-hydrogen) atoms. The predicted octanol–water partition coefficient (Wildman–Crippen LogP) is 2.42. The summed E-state index contributed by atoms with van der Waals surface area (Å²) < 4.78 is 31.0. The van der Waals surface area contributed by atoms with E-state index in [2.05, 4.69) is 6.92 Å². The molecule has 0 aromatic heterocycles. The van der Waals surface area contributed by atoms with Gasteiger partial charge in [-0.25, -0.2) is 8.42 Å². The molecule has 0 rings (SSSR count). The van der Waals surface area contributed by atoms with Gasteiger partial charge in [-0.1, -0.05) is 51.9 Å². The van der Waals surface area contributed by atoms with Crippen molar-refractivity contribution in [1.82, 2.24) is 0 Å². The van der Waals surface area contributed by atoms with E-state index >= 15 is 0 Å². The van der Waals surface area contributed by atoms with Crippen molar-refractivity contribution in [1.29, 1.82) is 0 Å². The third kappa shape index (κ3) is 13.8. The Balaban J connectivity index is 3.30. The molecule has 1 unspecified atom stereocenters. The van der Waals surface area contributed by atoms with Crippen molar-refractivity contribution in [3.63, 3.8) is 0 Å². The van der Waals surface area contributed by atoms with E-state index in [9.17, 15) is 18.1 Å². The van der Waals surface area contributed by atoms with E-state index in [1.165, 1.54) is 32.1 Å². The fourth-order valence-corrected chi connectivity index (χ4v) is 2.32. The molecule has 0 aliphatic heterocycles. The maximum Gasteiger partial charge on any atom is 0.0946 e. The van der Waals surface area contributed by atoms with Crippen molar-refractivity contribution in [2.24, 2.45) is 0 Å². The molecule has 0 bridgehead atoms. The average Bonchev–Trinajstić information content (AvgIpc) is 2.24. The highest BCUT2D eigenvalue weighted by atomic mass is 32.2. The van der Waals surface area contributed by atoms with Gasteiger partial charge in [-0.05, 0) is 12.8 Å². The molecule has 0 radical (unpaired) electrons. The van der Waals surface area contributed by atoms with Crippen LogP contribution in [0.1, 0.15) is 64.7 Å². The van der Waals surface area contributed by atoms with E-state index < -0.39 is 22.0 Å². The third-order valence-corrected chi connectivity index (χ3v) is 3.58. The Hall–Kier alpha value is -0.130. The first-order valence-electron chi connectivity index (χ1n) is 6.57. The maximum absolute atomic E-state index is 10.3. The number of hydrogen-bond acceptors (Lipinski definition) is 4. The van der Waals surface area contributed by atoms with E-state index in [1.54, 1.807) is 0 Å². The van der Waals surface area contributed by atoms with Gasteiger partial charge in [0, 0.05) is 5.75 Å². The first kappa shape index (κ1) is 16.9. The summed E-state index contributed by atoms with van der Waals surface area (Å²) in [6.45, 7) is 2.18. The van der Waals surface area contributed by atoms with Crippen LogP contribution in [0.5, 0.6) is 0 Å². The van der Waals surface area contributed by atoms with Gasteiger partial charge in [0.25, 0.3) is 0 Å². The molecule has 0 aromatic rings. The van der Waals surface area contributed by atoms with Gasteiger partial charge < -0.3 is 9.66 Å². The Kier molecular flexibility index (Phi) is 9.78. The number of aliphatic hydroxyl groups is 1. The minimum absolute atomic E-state index is 0.0711. The van der Waals surface area contributed by atoms with Gasteiger partial charge in [-0.15, -0.1) is 0 Å². The van der Waals surface area contributed by atoms with Crippen LogP contribution >= 0.6 is 0 Å². The predicted molar refractivity (Wildman–Crippen MR) is 67.8 cm³/mol. The Morgan fingerprint density at radius 2 is 1.53 bits per heavy atom. The van der Waals surface area contributed by atoms with Crippen LogP contribution in [0.2, 0.25) is 0 Å². The van der Waals surface area contributed by atoms with Crippen LogP contribution < -0.4 is 0 Å². The highest BCUT2D eigenvalue weighted by Crippen LogP contribution is 2.11. The lowest BCUT2D eigenvalue weighted by Gasteiger charge is -2.12. The maximum atomic E-state index is 10.3. The van der Waals surface area contributed by atoms with Gasteiger partial charge >= 0.3 is 0 Å². The summed E-state index contributed by atoms with van der Waals surface area (Å²) in [5, 5.41) is 9.45. The van der Waals surface area contributed by atoms with Gasteiger partial charge in [0.05, 0.1) is 16.2 Å². The van der Waals surface area contributed by atoms with Crippen molar-refractivity contribution in [3.8, 4) is 0 Å². The van der Waals surface area contributed by atoms with E-state index in [0.717, 1.165) is 12.8 Å². The molecule has 0 heterocycles. The lowest BCUT2D eigenvalue weighted by atomic mass is 10.1. The fourth-order valence-electron chi connectivity index (χ4n) is 1.76. The van der Waals surface area contributed by atoms with Gasteiger partial charge in [0.15, 0.2) is 0 Å². The van der Waals surface area contributed by atoms with Crippen molar-refractivity contribution in [2.75, 3.05) is 5.75 Å². The standard InChI is InChI=1S/C12H26O4S/c1-2-3-4-5-6-7-8-9-12(13)10-11-17(14,15)16/h12-13H,2-11H2,1H3,(H,14,15,16)/p-1. The van der Waals surface area contributed by atoms with Gasteiger partial charge in [-0.3, -0.25) is 0 Å². The minimum Gasteiger partial charge on any atom is -0.748 e. The summed E-state index contributed by atoms with van der Waals surface area (Å²) >= 11 is 0. The number of hydrogen-bond donors (Lipinski definition) is 1. The van der Waals surface area contributed by atoms with Crippen LogP contribution in [0.3, 0.4) is 0 Å². The topological polar surface area (TPSA) is 77.4 Å². The van der Waals surface area contributed by atoms with Crippen LogP contribution in [-0.4, -0.2) is 29.9 Å². The van der Waals surface area contributed by atoms with Crippen LogP contribution in [-0.2, 0) is 10.1 Å². The summed E-state index contributed by atoms with van der Waals surface area (Å²) in [6, 6.07) is 0. The SMILES string of the molecule is CCCCCCCCCC(O)CCS(=O)(=O)[O-]. The minimum atomic E-state index is -4.17. The summed E-state index contributed by atoms with van der Waals surface area (Å²) in [5.41, 5.74) is 0. The molecule has 0 spiro atoms. The number of unbranched alkanes of at least 4 members (excludes halogenated alkanes) is 6. The monoisotopic (exact) mass is 265 g/mol. The summed E-state index contributed by atoms with van der Waals surface area (Å²) in [7, 11) is -4.17. The van der Waals surface area contributed by atoms with Gasteiger partial charge in [-0.2, -0.15) is 0 Å². The highest BCUT2D eigenvalue weighted by molar-refractivity contribution is 7.85. The van der Waals surface area contributed by atoms with Crippen LogP contribution in [0.25, 0.3) is 0 Å².